The van der Waals surface area contributed by atoms with E-state index in [4.69, 9.17) is 14.2 Å². The van der Waals surface area contributed by atoms with Crippen molar-refractivity contribution in [3.63, 3.8) is 0 Å². The SMILES string of the molecule is CC(C)CNCc1cc2c(cc1OCC(C)(C)O)OCO2. The molecule has 0 amide bonds. The molecule has 0 aliphatic carbocycles. The van der Waals surface area contributed by atoms with Crippen molar-refractivity contribution in [2.24, 2.45) is 5.92 Å². The first kappa shape index (κ1) is 15.9. The van der Waals surface area contributed by atoms with Gasteiger partial charge in [0.25, 0.3) is 0 Å². The van der Waals surface area contributed by atoms with Crippen LogP contribution in [-0.2, 0) is 6.54 Å². The number of hydrogen-bond donors (Lipinski definition) is 2. The van der Waals surface area contributed by atoms with Crippen LogP contribution in [0.3, 0.4) is 0 Å². The Balaban J connectivity index is 2.11. The molecule has 1 aromatic carbocycles. The minimum absolute atomic E-state index is 0.226. The Labute approximate surface area is 126 Å². The van der Waals surface area contributed by atoms with Gasteiger partial charge in [-0.15, -0.1) is 0 Å². The molecule has 0 atom stereocenters. The van der Waals surface area contributed by atoms with Crippen LogP contribution < -0.4 is 19.5 Å². The van der Waals surface area contributed by atoms with Gasteiger partial charge in [-0.05, 0) is 32.4 Å². The number of benzene rings is 1. The molecular weight excluding hydrogens is 270 g/mol. The van der Waals surface area contributed by atoms with E-state index in [-0.39, 0.29) is 13.4 Å². The van der Waals surface area contributed by atoms with Gasteiger partial charge >= 0.3 is 0 Å². The molecule has 1 aliphatic rings. The van der Waals surface area contributed by atoms with Crippen LogP contribution in [0.1, 0.15) is 33.3 Å². The van der Waals surface area contributed by atoms with Crippen LogP contribution in [0.15, 0.2) is 12.1 Å². The lowest BCUT2D eigenvalue weighted by Crippen LogP contribution is -2.28. The lowest BCUT2D eigenvalue weighted by atomic mass is 10.1. The molecule has 118 valence electrons. The third kappa shape index (κ3) is 4.79. The van der Waals surface area contributed by atoms with Gasteiger partial charge in [-0.25, -0.2) is 0 Å². The average molecular weight is 295 g/mol. The van der Waals surface area contributed by atoms with Crippen molar-refractivity contribution < 1.29 is 19.3 Å². The Kier molecular flexibility index (Phi) is 4.96. The maximum absolute atomic E-state index is 9.82. The monoisotopic (exact) mass is 295 g/mol. The quantitative estimate of drug-likeness (QED) is 0.808. The molecule has 5 heteroatoms. The molecule has 1 aromatic rings. The number of fused-ring (bicyclic) bond motifs is 1. The van der Waals surface area contributed by atoms with Gasteiger partial charge in [0.05, 0.1) is 5.60 Å². The molecule has 0 radical (unpaired) electrons. The Morgan fingerprint density at radius 2 is 1.95 bits per heavy atom. The van der Waals surface area contributed by atoms with E-state index in [1.807, 2.05) is 12.1 Å². The fourth-order valence-corrected chi connectivity index (χ4v) is 1.99. The molecule has 21 heavy (non-hydrogen) atoms. The first-order valence-corrected chi connectivity index (χ1v) is 7.33. The first-order valence-electron chi connectivity index (χ1n) is 7.33. The predicted octanol–water partition coefficient (Wildman–Crippen LogP) is 2.31. The summed E-state index contributed by atoms with van der Waals surface area (Å²) >= 11 is 0. The molecule has 0 saturated heterocycles. The standard InChI is InChI=1S/C16H25NO4/c1-11(2)7-17-8-12-5-14-15(21-10-20-14)6-13(12)19-9-16(3,4)18/h5-6,11,17-18H,7-10H2,1-4H3. The number of hydrogen-bond acceptors (Lipinski definition) is 5. The molecule has 0 aromatic heterocycles. The topological polar surface area (TPSA) is 60.0 Å². The minimum atomic E-state index is -0.876. The molecule has 1 aliphatic heterocycles. The summed E-state index contributed by atoms with van der Waals surface area (Å²) in [7, 11) is 0. The zero-order chi connectivity index (χ0) is 15.5. The molecule has 1 heterocycles. The Bertz CT molecular complexity index is 480. The van der Waals surface area contributed by atoms with Crippen molar-refractivity contribution in [3.8, 4) is 17.2 Å². The van der Waals surface area contributed by atoms with Gasteiger partial charge in [0.1, 0.15) is 12.4 Å². The van der Waals surface area contributed by atoms with Gasteiger partial charge in [0.2, 0.25) is 6.79 Å². The van der Waals surface area contributed by atoms with E-state index < -0.39 is 5.60 Å². The van der Waals surface area contributed by atoms with Crippen LogP contribution in [0.4, 0.5) is 0 Å². The molecule has 2 rings (SSSR count). The maximum atomic E-state index is 9.82. The zero-order valence-electron chi connectivity index (χ0n) is 13.2. The third-order valence-corrected chi connectivity index (χ3v) is 3.00. The molecule has 0 spiro atoms. The molecule has 5 nitrogen and oxygen atoms in total. The highest BCUT2D eigenvalue weighted by Crippen LogP contribution is 2.38. The van der Waals surface area contributed by atoms with Gasteiger partial charge in [0.15, 0.2) is 11.5 Å². The number of nitrogens with one attached hydrogen (secondary N) is 1. The number of ether oxygens (including phenoxy) is 3. The summed E-state index contributed by atoms with van der Waals surface area (Å²) in [6, 6.07) is 3.77. The van der Waals surface area contributed by atoms with E-state index in [9.17, 15) is 5.11 Å². The van der Waals surface area contributed by atoms with Crippen LogP contribution in [0.2, 0.25) is 0 Å². The Morgan fingerprint density at radius 1 is 1.29 bits per heavy atom. The lowest BCUT2D eigenvalue weighted by molar-refractivity contribution is 0.0280. The van der Waals surface area contributed by atoms with Gasteiger partial charge in [0, 0.05) is 18.2 Å². The Hall–Kier alpha value is -1.46. The maximum Gasteiger partial charge on any atom is 0.231 e. The summed E-state index contributed by atoms with van der Waals surface area (Å²) < 4.78 is 16.6. The van der Waals surface area contributed by atoms with Crippen molar-refractivity contribution in [3.05, 3.63) is 17.7 Å². The molecule has 0 bridgehead atoms. The van der Waals surface area contributed by atoms with Crippen LogP contribution >= 0.6 is 0 Å². The van der Waals surface area contributed by atoms with E-state index in [2.05, 4.69) is 19.2 Å². The average Bonchev–Trinajstić information content (AvgIpc) is 2.81. The van der Waals surface area contributed by atoms with Crippen molar-refractivity contribution in [2.75, 3.05) is 19.9 Å². The van der Waals surface area contributed by atoms with Crippen molar-refractivity contribution >= 4 is 0 Å². The fourth-order valence-electron chi connectivity index (χ4n) is 1.99. The van der Waals surface area contributed by atoms with E-state index in [0.29, 0.717) is 18.2 Å². The minimum Gasteiger partial charge on any atom is -0.490 e. The smallest absolute Gasteiger partial charge is 0.231 e. The number of rotatable bonds is 7. The normalized spacial score (nSPS) is 13.8. The second kappa shape index (κ2) is 6.54. The fraction of sp³-hybridized carbons (Fsp3) is 0.625. The van der Waals surface area contributed by atoms with Crippen molar-refractivity contribution in [1.29, 1.82) is 0 Å². The summed E-state index contributed by atoms with van der Waals surface area (Å²) in [5.41, 5.74) is 0.128. The van der Waals surface area contributed by atoms with Crippen LogP contribution in [-0.4, -0.2) is 30.7 Å². The highest BCUT2D eigenvalue weighted by atomic mass is 16.7. The molecular formula is C16H25NO4. The van der Waals surface area contributed by atoms with Crippen molar-refractivity contribution in [1.82, 2.24) is 5.32 Å². The summed E-state index contributed by atoms with van der Waals surface area (Å²) in [6.07, 6.45) is 0. The van der Waals surface area contributed by atoms with E-state index >= 15 is 0 Å². The van der Waals surface area contributed by atoms with E-state index in [1.54, 1.807) is 13.8 Å². The van der Waals surface area contributed by atoms with Gasteiger partial charge in [-0.1, -0.05) is 13.8 Å². The van der Waals surface area contributed by atoms with Crippen LogP contribution in [0.25, 0.3) is 0 Å². The van der Waals surface area contributed by atoms with Gasteiger partial charge in [-0.3, -0.25) is 0 Å². The second-order valence-electron chi connectivity index (χ2n) is 6.44. The molecule has 2 N–H and O–H groups in total. The largest absolute Gasteiger partial charge is 0.490 e. The van der Waals surface area contributed by atoms with Crippen molar-refractivity contribution in [2.45, 2.75) is 39.8 Å². The summed E-state index contributed by atoms with van der Waals surface area (Å²) in [5.74, 6) is 2.73. The summed E-state index contributed by atoms with van der Waals surface area (Å²) in [6.45, 7) is 9.85. The summed E-state index contributed by atoms with van der Waals surface area (Å²) in [4.78, 5) is 0. The molecule has 0 unspecified atom stereocenters. The van der Waals surface area contributed by atoms with Crippen LogP contribution in [0, 0.1) is 5.92 Å². The van der Waals surface area contributed by atoms with Gasteiger partial charge in [-0.2, -0.15) is 0 Å². The highest BCUT2D eigenvalue weighted by molar-refractivity contribution is 5.51. The van der Waals surface area contributed by atoms with Crippen LogP contribution in [0.5, 0.6) is 17.2 Å². The lowest BCUT2D eigenvalue weighted by Gasteiger charge is -2.20. The number of aliphatic hydroxyl groups is 1. The first-order chi connectivity index (χ1) is 9.85. The molecule has 0 saturated carbocycles. The van der Waals surface area contributed by atoms with E-state index in [0.717, 1.165) is 23.6 Å². The van der Waals surface area contributed by atoms with E-state index in [1.165, 1.54) is 0 Å². The highest BCUT2D eigenvalue weighted by Gasteiger charge is 2.20. The molecule has 0 fully saturated rings. The summed E-state index contributed by atoms with van der Waals surface area (Å²) in [5, 5.41) is 13.2. The third-order valence-electron chi connectivity index (χ3n) is 3.00. The second-order valence-corrected chi connectivity index (χ2v) is 6.44. The Morgan fingerprint density at radius 3 is 2.57 bits per heavy atom. The van der Waals surface area contributed by atoms with Gasteiger partial charge < -0.3 is 24.6 Å². The zero-order valence-corrected chi connectivity index (χ0v) is 13.2. The predicted molar refractivity (Wildman–Crippen MR) is 80.9 cm³/mol.